The van der Waals surface area contributed by atoms with E-state index in [1.165, 1.54) is 0 Å². The molecule has 82 valence electrons. The number of unbranched alkanes of at least 4 members (excludes halogenated alkanes) is 3. The summed E-state index contributed by atoms with van der Waals surface area (Å²) in [4.78, 5) is 19.6. The second-order valence-electron chi connectivity index (χ2n) is 2.82. The van der Waals surface area contributed by atoms with Crippen LogP contribution in [0, 0.1) is 0 Å². The second kappa shape index (κ2) is 8.40. The molecular formula is C8H14F2N2O2. The van der Waals surface area contributed by atoms with Crippen molar-refractivity contribution in [3.63, 3.8) is 0 Å². The van der Waals surface area contributed by atoms with Gasteiger partial charge in [0.2, 0.25) is 0 Å². The van der Waals surface area contributed by atoms with Gasteiger partial charge < -0.3 is 10.6 Å². The minimum atomic E-state index is -1.52. The Morgan fingerprint density at radius 2 is 1.14 bits per heavy atom. The first-order valence-corrected chi connectivity index (χ1v) is 4.49. The zero-order chi connectivity index (χ0) is 10.8. The van der Waals surface area contributed by atoms with E-state index in [0.29, 0.717) is 25.9 Å². The Morgan fingerprint density at radius 1 is 0.786 bits per heavy atom. The minimum absolute atomic E-state index is 0.310. The highest BCUT2D eigenvalue weighted by Gasteiger charge is 1.96. The van der Waals surface area contributed by atoms with E-state index >= 15 is 0 Å². The Kier molecular flexibility index (Phi) is 7.68. The van der Waals surface area contributed by atoms with Crippen LogP contribution in [0.3, 0.4) is 0 Å². The highest BCUT2D eigenvalue weighted by Crippen LogP contribution is 1.97. The van der Waals surface area contributed by atoms with Gasteiger partial charge in [0.1, 0.15) is 0 Å². The van der Waals surface area contributed by atoms with E-state index in [1.54, 1.807) is 0 Å². The van der Waals surface area contributed by atoms with Crippen molar-refractivity contribution in [2.75, 3.05) is 13.1 Å². The van der Waals surface area contributed by atoms with Crippen molar-refractivity contribution in [2.24, 2.45) is 0 Å². The Hall–Kier alpha value is -1.20. The van der Waals surface area contributed by atoms with Crippen molar-refractivity contribution in [1.82, 2.24) is 10.6 Å². The lowest BCUT2D eigenvalue weighted by Gasteiger charge is -2.01. The zero-order valence-electron chi connectivity index (χ0n) is 7.82. The van der Waals surface area contributed by atoms with Crippen LogP contribution in [0.1, 0.15) is 25.7 Å². The molecule has 0 saturated carbocycles. The maximum atomic E-state index is 11.6. The van der Waals surface area contributed by atoms with Crippen molar-refractivity contribution < 1.29 is 18.4 Å². The third-order valence-corrected chi connectivity index (χ3v) is 1.63. The predicted molar refractivity (Wildman–Crippen MR) is 47.5 cm³/mol. The smallest absolute Gasteiger partial charge is 0.328 e. The molecule has 0 aromatic carbocycles. The Bertz CT molecular complexity index is 168. The lowest BCUT2D eigenvalue weighted by atomic mass is 10.2. The maximum absolute atomic E-state index is 11.6. The molecule has 0 heterocycles. The van der Waals surface area contributed by atoms with E-state index in [-0.39, 0.29) is 0 Å². The molecule has 0 radical (unpaired) electrons. The Morgan fingerprint density at radius 3 is 1.43 bits per heavy atom. The topological polar surface area (TPSA) is 58.2 Å². The van der Waals surface area contributed by atoms with Crippen LogP contribution in [0.4, 0.5) is 18.4 Å². The second-order valence-corrected chi connectivity index (χ2v) is 2.82. The molecule has 0 saturated heterocycles. The summed E-state index contributed by atoms with van der Waals surface area (Å²) in [5, 5.41) is 4.04. The third kappa shape index (κ3) is 10.8. The standard InChI is InChI=1S/C8H14F2N2O2/c9-7(13)11-5-3-1-2-4-6-12-8(10)14/h1-6H2,(H,11,13)(H,12,14). The monoisotopic (exact) mass is 208 g/mol. The molecule has 6 heteroatoms. The van der Waals surface area contributed by atoms with Crippen LogP contribution in [-0.2, 0) is 0 Å². The molecular weight excluding hydrogens is 194 g/mol. The van der Waals surface area contributed by atoms with E-state index < -0.39 is 12.3 Å². The molecule has 0 atom stereocenters. The Labute approximate surface area is 81.0 Å². The predicted octanol–water partition coefficient (Wildman–Crippen LogP) is 1.91. The van der Waals surface area contributed by atoms with Gasteiger partial charge in [-0.1, -0.05) is 12.8 Å². The van der Waals surface area contributed by atoms with Gasteiger partial charge in [0, 0.05) is 13.1 Å². The number of nitrogens with one attached hydrogen (secondary N) is 2. The zero-order valence-corrected chi connectivity index (χ0v) is 7.82. The largest absolute Gasteiger partial charge is 0.397 e. The van der Waals surface area contributed by atoms with Gasteiger partial charge in [-0.25, -0.2) is 9.59 Å². The highest BCUT2D eigenvalue weighted by atomic mass is 19.1. The van der Waals surface area contributed by atoms with Crippen LogP contribution in [0.5, 0.6) is 0 Å². The molecule has 0 aliphatic heterocycles. The summed E-state index contributed by atoms with van der Waals surface area (Å²) in [5.41, 5.74) is 0. The first-order valence-electron chi connectivity index (χ1n) is 4.49. The summed E-state index contributed by atoms with van der Waals surface area (Å²) in [6, 6.07) is 0. The van der Waals surface area contributed by atoms with Gasteiger partial charge >= 0.3 is 12.3 Å². The van der Waals surface area contributed by atoms with Crippen molar-refractivity contribution in [3.8, 4) is 0 Å². The van der Waals surface area contributed by atoms with Crippen LogP contribution in [0.15, 0.2) is 0 Å². The molecule has 4 nitrogen and oxygen atoms in total. The van der Waals surface area contributed by atoms with Crippen LogP contribution in [0.2, 0.25) is 0 Å². The van der Waals surface area contributed by atoms with E-state index in [9.17, 15) is 18.4 Å². The highest BCUT2D eigenvalue weighted by molar-refractivity contribution is 5.65. The summed E-state index contributed by atoms with van der Waals surface area (Å²) in [6.07, 6.45) is -0.0621. The van der Waals surface area contributed by atoms with Crippen molar-refractivity contribution in [3.05, 3.63) is 0 Å². The van der Waals surface area contributed by atoms with E-state index in [0.717, 1.165) is 12.8 Å². The third-order valence-electron chi connectivity index (χ3n) is 1.63. The number of rotatable bonds is 7. The fourth-order valence-corrected chi connectivity index (χ4v) is 0.977. The molecule has 0 rings (SSSR count). The fraction of sp³-hybridized carbons (Fsp3) is 0.750. The summed E-state index contributed by atoms with van der Waals surface area (Å²) < 4.78 is 23.2. The minimum Gasteiger partial charge on any atom is -0.328 e. The van der Waals surface area contributed by atoms with Crippen molar-refractivity contribution >= 4 is 12.3 Å². The molecule has 0 aromatic rings. The number of carbonyl (C=O) groups is 2. The van der Waals surface area contributed by atoms with Crippen LogP contribution in [0.25, 0.3) is 0 Å². The molecule has 0 fully saturated rings. The van der Waals surface area contributed by atoms with Crippen LogP contribution >= 0.6 is 0 Å². The lowest BCUT2D eigenvalue weighted by molar-refractivity contribution is 0.219. The number of hydrogen-bond acceptors (Lipinski definition) is 2. The summed E-state index contributed by atoms with van der Waals surface area (Å²) in [5.74, 6) is 0. The summed E-state index contributed by atoms with van der Waals surface area (Å²) in [6.45, 7) is 0.621. The van der Waals surface area contributed by atoms with Gasteiger partial charge in [-0.2, -0.15) is 0 Å². The van der Waals surface area contributed by atoms with Crippen LogP contribution < -0.4 is 10.6 Å². The maximum Gasteiger partial charge on any atom is 0.397 e. The average molecular weight is 208 g/mol. The van der Waals surface area contributed by atoms with Crippen molar-refractivity contribution in [1.29, 1.82) is 0 Å². The molecule has 2 N–H and O–H groups in total. The number of carbonyl (C=O) groups excluding carboxylic acids is 2. The van der Waals surface area contributed by atoms with Gasteiger partial charge in [0.15, 0.2) is 0 Å². The first-order chi connectivity index (χ1) is 6.63. The van der Waals surface area contributed by atoms with E-state index in [1.807, 2.05) is 10.6 Å². The molecule has 0 bridgehead atoms. The van der Waals surface area contributed by atoms with Gasteiger partial charge in [0.25, 0.3) is 0 Å². The van der Waals surface area contributed by atoms with Gasteiger partial charge in [-0.3, -0.25) is 0 Å². The lowest BCUT2D eigenvalue weighted by Crippen LogP contribution is -2.19. The number of hydrogen-bond donors (Lipinski definition) is 2. The van der Waals surface area contributed by atoms with Gasteiger partial charge in [-0.15, -0.1) is 8.78 Å². The van der Waals surface area contributed by atoms with Crippen molar-refractivity contribution in [2.45, 2.75) is 25.7 Å². The SMILES string of the molecule is O=C(F)NCCCCCCNC(=O)F. The molecule has 14 heavy (non-hydrogen) atoms. The molecule has 0 unspecified atom stereocenters. The fourth-order valence-electron chi connectivity index (χ4n) is 0.977. The number of amides is 2. The average Bonchev–Trinajstić information content (AvgIpc) is 2.08. The van der Waals surface area contributed by atoms with Crippen LogP contribution in [-0.4, -0.2) is 25.4 Å². The molecule has 0 spiro atoms. The Balaban J connectivity index is 2.99. The normalized spacial score (nSPS) is 9.57. The molecule has 0 aromatic heterocycles. The summed E-state index contributed by atoms with van der Waals surface area (Å²) >= 11 is 0. The summed E-state index contributed by atoms with van der Waals surface area (Å²) in [7, 11) is 0. The van der Waals surface area contributed by atoms with Gasteiger partial charge in [0.05, 0.1) is 0 Å². The number of halogens is 2. The quantitative estimate of drug-likeness (QED) is 0.381. The molecule has 0 aliphatic rings. The molecule has 2 amide bonds. The van der Waals surface area contributed by atoms with E-state index in [2.05, 4.69) is 0 Å². The first kappa shape index (κ1) is 12.8. The van der Waals surface area contributed by atoms with E-state index in [4.69, 9.17) is 0 Å². The van der Waals surface area contributed by atoms with Gasteiger partial charge in [-0.05, 0) is 12.8 Å². The molecule has 0 aliphatic carbocycles.